The molecule has 33 heavy (non-hydrogen) atoms. The lowest BCUT2D eigenvalue weighted by molar-refractivity contribution is 0.990. The van der Waals surface area contributed by atoms with Gasteiger partial charge in [-0.2, -0.15) is 0 Å². The van der Waals surface area contributed by atoms with Crippen molar-refractivity contribution in [2.24, 2.45) is 0 Å². The summed E-state index contributed by atoms with van der Waals surface area (Å²) < 4.78 is 0. The van der Waals surface area contributed by atoms with Crippen molar-refractivity contribution in [2.75, 3.05) is 0 Å². The molecule has 3 heteroatoms. The summed E-state index contributed by atoms with van der Waals surface area (Å²) in [4.78, 5) is 14.1. The zero-order chi connectivity index (χ0) is 22.5. The van der Waals surface area contributed by atoms with E-state index < -0.39 is 0 Å². The monoisotopic (exact) mass is 427 g/mol. The van der Waals surface area contributed by atoms with Crippen molar-refractivity contribution < 1.29 is 0 Å². The van der Waals surface area contributed by atoms with E-state index >= 15 is 0 Å². The highest BCUT2D eigenvalue weighted by Crippen LogP contribution is 2.23. The zero-order valence-electron chi connectivity index (χ0n) is 18.6. The Hall–Kier alpha value is -4.11. The summed E-state index contributed by atoms with van der Waals surface area (Å²) in [6.45, 7) is 1.93. The second-order valence-corrected chi connectivity index (χ2v) is 8.26. The van der Waals surface area contributed by atoms with Gasteiger partial charge >= 0.3 is 0 Å². The first-order chi connectivity index (χ1) is 16.2. The quantitative estimate of drug-likeness (QED) is 0.303. The van der Waals surface area contributed by atoms with Crippen molar-refractivity contribution in [2.45, 2.75) is 19.8 Å². The fraction of sp³-hybridized carbons (Fsp3) is 0.100. The number of benzene rings is 4. The lowest BCUT2D eigenvalue weighted by Crippen LogP contribution is -2.00. The largest absolute Gasteiger partial charge is 0.213 e. The van der Waals surface area contributed by atoms with Crippen LogP contribution in [0.3, 0.4) is 0 Å². The van der Waals surface area contributed by atoms with Gasteiger partial charge in [-0.1, -0.05) is 97.1 Å². The van der Waals surface area contributed by atoms with Gasteiger partial charge in [0.2, 0.25) is 0 Å². The molecule has 4 aromatic carbocycles. The molecule has 0 fully saturated rings. The Morgan fingerprint density at radius 1 is 0.455 bits per heavy atom. The maximum Gasteiger partial charge on any atom is 0.163 e. The smallest absolute Gasteiger partial charge is 0.163 e. The third-order valence-electron chi connectivity index (χ3n) is 5.62. The second kappa shape index (κ2) is 9.58. The lowest BCUT2D eigenvalue weighted by Gasteiger charge is -2.09. The van der Waals surface area contributed by atoms with Crippen LogP contribution in [-0.2, 0) is 12.8 Å². The van der Waals surface area contributed by atoms with Gasteiger partial charge in [0.25, 0.3) is 0 Å². The van der Waals surface area contributed by atoms with E-state index in [9.17, 15) is 0 Å². The van der Waals surface area contributed by atoms with E-state index in [4.69, 9.17) is 4.98 Å². The normalized spacial score (nSPS) is 10.8. The summed E-state index contributed by atoms with van der Waals surface area (Å²) in [6, 6.07) is 38.0. The van der Waals surface area contributed by atoms with Crippen molar-refractivity contribution in [3.05, 3.63) is 137 Å². The number of nitrogens with zero attached hydrogens (tertiary/aromatic N) is 3. The Morgan fingerprint density at radius 3 is 1.33 bits per heavy atom. The summed E-state index contributed by atoms with van der Waals surface area (Å²) >= 11 is 0. The summed E-state index contributed by atoms with van der Waals surface area (Å²) in [5.41, 5.74) is 7.08. The van der Waals surface area contributed by atoms with Gasteiger partial charge in [0.15, 0.2) is 11.6 Å². The molecule has 1 aromatic heterocycles. The standard InChI is InChI=1S/C30H25N3/c1-22-31-29(27-16-8-14-25(20-27)18-23-10-4-2-5-11-23)33-30(32-22)28-17-9-15-26(21-28)19-24-12-6-3-7-13-24/h2-17,20-21H,18-19H2,1H3. The van der Waals surface area contributed by atoms with E-state index in [1.807, 2.05) is 19.1 Å². The third-order valence-corrected chi connectivity index (χ3v) is 5.62. The maximum atomic E-state index is 4.85. The molecule has 0 spiro atoms. The number of hydrogen-bond acceptors (Lipinski definition) is 3. The fourth-order valence-corrected chi connectivity index (χ4v) is 4.04. The second-order valence-electron chi connectivity index (χ2n) is 8.26. The summed E-state index contributed by atoms with van der Waals surface area (Å²) in [7, 11) is 0. The van der Waals surface area contributed by atoms with Gasteiger partial charge < -0.3 is 0 Å². The molecule has 0 aliphatic heterocycles. The molecule has 0 saturated carbocycles. The first-order valence-electron chi connectivity index (χ1n) is 11.2. The van der Waals surface area contributed by atoms with Crippen LogP contribution in [0.2, 0.25) is 0 Å². The summed E-state index contributed by atoms with van der Waals surface area (Å²) in [5, 5.41) is 0. The van der Waals surface area contributed by atoms with E-state index in [2.05, 4.69) is 107 Å². The number of aromatic nitrogens is 3. The molecule has 3 nitrogen and oxygen atoms in total. The van der Waals surface area contributed by atoms with E-state index in [0.29, 0.717) is 11.6 Å². The minimum atomic E-state index is 0.709. The van der Waals surface area contributed by atoms with Crippen LogP contribution in [0, 0.1) is 6.92 Å². The molecular formula is C30H25N3. The topological polar surface area (TPSA) is 38.7 Å². The molecule has 0 amide bonds. The van der Waals surface area contributed by atoms with Crippen molar-refractivity contribution in [3.63, 3.8) is 0 Å². The van der Waals surface area contributed by atoms with Gasteiger partial charge in [0.1, 0.15) is 5.82 Å². The highest BCUT2D eigenvalue weighted by atomic mass is 15.0. The minimum Gasteiger partial charge on any atom is -0.213 e. The Labute approximate surface area is 194 Å². The van der Waals surface area contributed by atoms with Gasteiger partial charge in [0.05, 0.1) is 0 Å². The van der Waals surface area contributed by atoms with Crippen LogP contribution in [0.4, 0.5) is 0 Å². The molecule has 5 rings (SSSR count). The SMILES string of the molecule is Cc1nc(-c2cccc(Cc3ccccc3)c2)nc(-c2cccc(Cc3ccccc3)c2)n1. The van der Waals surface area contributed by atoms with Crippen LogP contribution in [-0.4, -0.2) is 15.0 Å². The van der Waals surface area contributed by atoms with Gasteiger partial charge in [-0.3, -0.25) is 0 Å². The predicted octanol–water partition coefficient (Wildman–Crippen LogP) is 6.70. The molecule has 0 atom stereocenters. The maximum absolute atomic E-state index is 4.85. The number of hydrogen-bond donors (Lipinski definition) is 0. The average molecular weight is 428 g/mol. The molecule has 0 saturated heterocycles. The van der Waals surface area contributed by atoms with Crippen LogP contribution in [0.15, 0.2) is 109 Å². The van der Waals surface area contributed by atoms with Crippen molar-refractivity contribution in [3.8, 4) is 22.8 Å². The number of rotatable bonds is 6. The van der Waals surface area contributed by atoms with E-state index in [1.165, 1.54) is 22.3 Å². The molecular weight excluding hydrogens is 402 g/mol. The van der Waals surface area contributed by atoms with E-state index in [1.54, 1.807) is 0 Å². The molecule has 0 aliphatic carbocycles. The van der Waals surface area contributed by atoms with Crippen molar-refractivity contribution in [1.29, 1.82) is 0 Å². The predicted molar refractivity (Wildman–Crippen MR) is 134 cm³/mol. The highest BCUT2D eigenvalue weighted by Gasteiger charge is 2.10. The fourth-order valence-electron chi connectivity index (χ4n) is 4.04. The van der Waals surface area contributed by atoms with Crippen LogP contribution < -0.4 is 0 Å². The van der Waals surface area contributed by atoms with Gasteiger partial charge in [-0.05, 0) is 54.2 Å². The summed E-state index contributed by atoms with van der Waals surface area (Å²) in [5.74, 6) is 2.14. The Morgan fingerprint density at radius 2 is 0.879 bits per heavy atom. The Kier molecular flexibility index (Phi) is 6.03. The van der Waals surface area contributed by atoms with Gasteiger partial charge in [-0.25, -0.2) is 15.0 Å². The molecule has 0 aliphatic rings. The molecule has 5 aromatic rings. The van der Waals surface area contributed by atoms with Gasteiger partial charge in [-0.15, -0.1) is 0 Å². The molecule has 0 bridgehead atoms. The van der Waals surface area contributed by atoms with Crippen molar-refractivity contribution in [1.82, 2.24) is 15.0 Å². The highest BCUT2D eigenvalue weighted by molar-refractivity contribution is 5.62. The first kappa shape index (κ1) is 20.8. The van der Waals surface area contributed by atoms with Crippen molar-refractivity contribution >= 4 is 0 Å². The Bertz CT molecular complexity index is 1260. The molecule has 1 heterocycles. The first-order valence-corrected chi connectivity index (χ1v) is 11.2. The van der Waals surface area contributed by atoms with E-state index in [-0.39, 0.29) is 0 Å². The molecule has 0 unspecified atom stereocenters. The zero-order valence-corrected chi connectivity index (χ0v) is 18.6. The van der Waals surface area contributed by atoms with Crippen LogP contribution in [0.1, 0.15) is 28.1 Å². The van der Waals surface area contributed by atoms with Gasteiger partial charge in [0, 0.05) is 11.1 Å². The lowest BCUT2D eigenvalue weighted by atomic mass is 10.0. The molecule has 0 N–H and O–H groups in total. The molecule has 160 valence electrons. The number of aryl methyl sites for hydroxylation is 1. The van der Waals surface area contributed by atoms with Crippen LogP contribution in [0.5, 0.6) is 0 Å². The van der Waals surface area contributed by atoms with E-state index in [0.717, 1.165) is 29.8 Å². The Balaban J connectivity index is 1.44. The summed E-state index contributed by atoms with van der Waals surface area (Å²) in [6.07, 6.45) is 1.76. The molecule has 0 radical (unpaired) electrons. The minimum absolute atomic E-state index is 0.709. The average Bonchev–Trinajstić information content (AvgIpc) is 2.85. The van der Waals surface area contributed by atoms with Crippen LogP contribution in [0.25, 0.3) is 22.8 Å². The third kappa shape index (κ3) is 5.21. The van der Waals surface area contributed by atoms with Crippen LogP contribution >= 0.6 is 0 Å².